The van der Waals surface area contributed by atoms with E-state index >= 15 is 0 Å². The van der Waals surface area contributed by atoms with Gasteiger partial charge in [-0.15, -0.1) is 12.4 Å². The third kappa shape index (κ3) is 5.54. The highest BCUT2D eigenvalue weighted by molar-refractivity contribution is 5.85. The molecule has 0 unspecified atom stereocenters. The molecule has 0 heterocycles. The van der Waals surface area contributed by atoms with Crippen molar-refractivity contribution < 1.29 is 23.7 Å². The number of ether oxygens (including phenoxy) is 4. The molecular weight excluding hydrogens is 358 g/mol. The van der Waals surface area contributed by atoms with Gasteiger partial charge < -0.3 is 24.7 Å². The van der Waals surface area contributed by atoms with Gasteiger partial charge in [0.15, 0.2) is 11.5 Å². The van der Waals surface area contributed by atoms with Crippen LogP contribution in [0.15, 0.2) is 42.5 Å². The fourth-order valence-electron chi connectivity index (χ4n) is 2.40. The molecule has 0 saturated carbocycles. The van der Waals surface area contributed by atoms with E-state index in [0.29, 0.717) is 29.4 Å². The van der Waals surface area contributed by atoms with Crippen LogP contribution in [-0.4, -0.2) is 27.3 Å². The van der Waals surface area contributed by atoms with Crippen molar-refractivity contribution in [3.05, 3.63) is 53.6 Å². The summed E-state index contributed by atoms with van der Waals surface area (Å²) in [7, 11) is 4.42. The van der Waals surface area contributed by atoms with E-state index in [4.69, 9.17) is 24.7 Å². The SMILES string of the molecule is COC(=O)C[C@@H](N)c1cc(OC)c(OC)cc1OCc1ccccc1.Cl. The van der Waals surface area contributed by atoms with Gasteiger partial charge >= 0.3 is 5.97 Å². The van der Waals surface area contributed by atoms with Crippen LogP contribution in [0.4, 0.5) is 0 Å². The molecule has 2 N–H and O–H groups in total. The molecule has 0 aromatic heterocycles. The van der Waals surface area contributed by atoms with Crippen molar-refractivity contribution >= 4 is 18.4 Å². The van der Waals surface area contributed by atoms with Crippen LogP contribution in [0.1, 0.15) is 23.6 Å². The van der Waals surface area contributed by atoms with Crippen molar-refractivity contribution in [3.63, 3.8) is 0 Å². The summed E-state index contributed by atoms with van der Waals surface area (Å²) in [5.74, 6) is 1.19. The summed E-state index contributed by atoms with van der Waals surface area (Å²) in [6.45, 7) is 0.369. The lowest BCUT2D eigenvalue weighted by atomic mass is 10.0. The van der Waals surface area contributed by atoms with Gasteiger partial charge in [0, 0.05) is 17.7 Å². The third-order valence-electron chi connectivity index (χ3n) is 3.77. The Bertz CT molecular complexity index is 709. The summed E-state index contributed by atoms with van der Waals surface area (Å²) in [5.41, 5.74) is 7.85. The Balaban J connectivity index is 0.00000338. The second-order valence-corrected chi connectivity index (χ2v) is 5.41. The van der Waals surface area contributed by atoms with Crippen molar-refractivity contribution in [3.8, 4) is 17.2 Å². The Labute approximate surface area is 159 Å². The minimum atomic E-state index is -0.585. The third-order valence-corrected chi connectivity index (χ3v) is 3.77. The van der Waals surface area contributed by atoms with Gasteiger partial charge in [0.25, 0.3) is 0 Å². The van der Waals surface area contributed by atoms with Gasteiger partial charge in [0.05, 0.1) is 27.8 Å². The molecule has 1 atom stereocenters. The molecule has 26 heavy (non-hydrogen) atoms. The predicted molar refractivity (Wildman–Crippen MR) is 101 cm³/mol. The average molecular weight is 382 g/mol. The van der Waals surface area contributed by atoms with Crippen LogP contribution in [0.2, 0.25) is 0 Å². The molecule has 7 heteroatoms. The zero-order chi connectivity index (χ0) is 18.2. The summed E-state index contributed by atoms with van der Waals surface area (Å²) >= 11 is 0. The van der Waals surface area contributed by atoms with Crippen molar-refractivity contribution in [2.75, 3.05) is 21.3 Å². The average Bonchev–Trinajstić information content (AvgIpc) is 2.66. The second-order valence-electron chi connectivity index (χ2n) is 5.41. The Morgan fingerprint density at radius 2 is 1.62 bits per heavy atom. The van der Waals surface area contributed by atoms with Crippen molar-refractivity contribution in [2.45, 2.75) is 19.1 Å². The molecule has 0 bridgehead atoms. The highest BCUT2D eigenvalue weighted by Crippen LogP contribution is 2.38. The van der Waals surface area contributed by atoms with Crippen molar-refractivity contribution in [2.24, 2.45) is 5.73 Å². The smallest absolute Gasteiger partial charge is 0.307 e. The number of methoxy groups -OCH3 is 3. The van der Waals surface area contributed by atoms with Crippen LogP contribution in [0.5, 0.6) is 17.2 Å². The van der Waals surface area contributed by atoms with E-state index in [0.717, 1.165) is 5.56 Å². The van der Waals surface area contributed by atoms with Gasteiger partial charge in [-0.3, -0.25) is 4.79 Å². The molecule has 0 radical (unpaired) electrons. The minimum Gasteiger partial charge on any atom is -0.493 e. The molecule has 2 aromatic rings. The van der Waals surface area contributed by atoms with Crippen LogP contribution >= 0.6 is 12.4 Å². The largest absolute Gasteiger partial charge is 0.493 e. The molecule has 142 valence electrons. The maximum Gasteiger partial charge on any atom is 0.307 e. The molecule has 0 aliphatic carbocycles. The first-order valence-corrected chi connectivity index (χ1v) is 7.84. The van der Waals surface area contributed by atoms with Crippen molar-refractivity contribution in [1.82, 2.24) is 0 Å². The molecule has 2 rings (SSSR count). The molecule has 0 fully saturated rings. The van der Waals surface area contributed by atoms with Crippen LogP contribution in [0.25, 0.3) is 0 Å². The van der Waals surface area contributed by atoms with Gasteiger partial charge in [0.2, 0.25) is 0 Å². The van der Waals surface area contributed by atoms with Crippen LogP contribution < -0.4 is 19.9 Å². The first-order chi connectivity index (χ1) is 12.1. The minimum absolute atomic E-state index is 0. The summed E-state index contributed by atoms with van der Waals surface area (Å²) in [4.78, 5) is 11.6. The maximum absolute atomic E-state index is 11.6. The molecule has 0 spiro atoms. The quantitative estimate of drug-likeness (QED) is 0.707. The Hall–Kier alpha value is -2.44. The number of nitrogens with two attached hydrogens (primary N) is 1. The standard InChI is InChI=1S/C19H23NO5.ClH/c1-22-17-9-14(15(20)10-19(21)24-3)16(11-18(17)23-2)25-12-13-7-5-4-6-8-13;/h4-9,11,15H,10,12,20H2,1-3H3;1H/t15-;/m1./s1. The van der Waals surface area contributed by atoms with Gasteiger partial charge in [0.1, 0.15) is 12.4 Å². The lowest BCUT2D eigenvalue weighted by molar-refractivity contribution is -0.141. The topological polar surface area (TPSA) is 80.0 Å². The molecule has 0 amide bonds. The summed E-state index contributed by atoms with van der Waals surface area (Å²) in [5, 5.41) is 0. The van der Waals surface area contributed by atoms with Crippen LogP contribution in [0, 0.1) is 0 Å². The van der Waals surface area contributed by atoms with Gasteiger partial charge in [-0.1, -0.05) is 30.3 Å². The molecule has 0 saturated heterocycles. The molecule has 0 aliphatic rings. The van der Waals surface area contributed by atoms with E-state index in [1.807, 2.05) is 30.3 Å². The molecular formula is C19H24ClNO5. The fourth-order valence-corrected chi connectivity index (χ4v) is 2.40. The van der Waals surface area contributed by atoms with Crippen LogP contribution in [-0.2, 0) is 16.1 Å². The van der Waals surface area contributed by atoms with Gasteiger partial charge in [-0.2, -0.15) is 0 Å². The Kier molecular flexibility index (Phi) is 8.75. The zero-order valence-electron chi connectivity index (χ0n) is 15.1. The lowest BCUT2D eigenvalue weighted by Gasteiger charge is -2.19. The highest BCUT2D eigenvalue weighted by atomic mass is 35.5. The first-order valence-electron chi connectivity index (χ1n) is 7.84. The van der Waals surface area contributed by atoms with E-state index in [1.54, 1.807) is 19.2 Å². The number of hydrogen-bond acceptors (Lipinski definition) is 6. The van der Waals surface area contributed by atoms with E-state index in [2.05, 4.69) is 0 Å². The zero-order valence-corrected chi connectivity index (χ0v) is 15.9. The summed E-state index contributed by atoms with van der Waals surface area (Å²) < 4.78 is 21.3. The lowest BCUT2D eigenvalue weighted by Crippen LogP contribution is -2.17. The summed E-state index contributed by atoms with van der Waals surface area (Å²) in [6, 6.07) is 12.6. The number of carbonyl (C=O) groups is 1. The Morgan fingerprint density at radius 3 is 2.19 bits per heavy atom. The predicted octanol–water partition coefficient (Wildman–Crippen LogP) is 3.27. The number of carbonyl (C=O) groups excluding carboxylic acids is 1. The molecule has 6 nitrogen and oxygen atoms in total. The second kappa shape index (κ2) is 10.5. The van der Waals surface area contributed by atoms with E-state index < -0.39 is 12.0 Å². The Morgan fingerprint density at radius 1 is 1.00 bits per heavy atom. The number of halogens is 1. The summed E-state index contributed by atoms with van der Waals surface area (Å²) in [6.07, 6.45) is 0.0354. The number of rotatable bonds is 8. The van der Waals surface area contributed by atoms with E-state index in [-0.39, 0.29) is 18.8 Å². The van der Waals surface area contributed by atoms with Crippen molar-refractivity contribution in [1.29, 1.82) is 0 Å². The number of esters is 1. The first kappa shape index (κ1) is 21.6. The normalized spacial score (nSPS) is 11.1. The molecule has 2 aromatic carbocycles. The number of benzene rings is 2. The van der Waals surface area contributed by atoms with Gasteiger partial charge in [-0.25, -0.2) is 0 Å². The van der Waals surface area contributed by atoms with E-state index in [1.165, 1.54) is 14.2 Å². The highest BCUT2D eigenvalue weighted by Gasteiger charge is 2.20. The fraction of sp³-hybridized carbons (Fsp3) is 0.316. The number of hydrogen-bond donors (Lipinski definition) is 1. The van der Waals surface area contributed by atoms with Crippen LogP contribution in [0.3, 0.4) is 0 Å². The monoisotopic (exact) mass is 381 g/mol. The van der Waals surface area contributed by atoms with E-state index in [9.17, 15) is 4.79 Å². The van der Waals surface area contributed by atoms with Gasteiger partial charge in [-0.05, 0) is 11.6 Å². The molecule has 0 aliphatic heterocycles. The maximum atomic E-state index is 11.6.